The van der Waals surface area contributed by atoms with Gasteiger partial charge in [0.1, 0.15) is 5.39 Å². The van der Waals surface area contributed by atoms with Crippen LogP contribution in [0.3, 0.4) is 0 Å². The third-order valence-electron chi connectivity index (χ3n) is 6.52. The van der Waals surface area contributed by atoms with Crippen molar-refractivity contribution in [1.82, 2.24) is 19.7 Å². The Morgan fingerprint density at radius 1 is 1.13 bits per heavy atom. The Morgan fingerprint density at radius 2 is 1.90 bits per heavy atom. The molecule has 3 aromatic rings. The Balaban J connectivity index is 1.54. The molecule has 1 amide bonds. The Morgan fingerprint density at radius 3 is 2.61 bits per heavy atom. The van der Waals surface area contributed by atoms with E-state index in [9.17, 15) is 9.59 Å². The summed E-state index contributed by atoms with van der Waals surface area (Å²) in [6.07, 6.45) is 9.76. The van der Waals surface area contributed by atoms with Crippen molar-refractivity contribution in [1.29, 1.82) is 0 Å². The first-order valence-corrected chi connectivity index (χ1v) is 11.3. The fourth-order valence-corrected chi connectivity index (χ4v) is 4.74. The van der Waals surface area contributed by atoms with Crippen LogP contribution in [0.15, 0.2) is 35.3 Å². The van der Waals surface area contributed by atoms with Gasteiger partial charge in [-0.2, -0.15) is 5.10 Å². The lowest BCUT2D eigenvalue weighted by Gasteiger charge is -2.22. The summed E-state index contributed by atoms with van der Waals surface area (Å²) in [5.74, 6) is 1.04. The number of nitrogens with zero attached hydrogens (tertiary/aromatic N) is 3. The van der Waals surface area contributed by atoms with Crippen LogP contribution < -0.4 is 10.9 Å². The number of anilines is 2. The monoisotopic (exact) mass is 419 g/mol. The number of hydrogen-bond donors (Lipinski definition) is 2. The number of carbonyl (C=O) groups excluding carboxylic acids is 1. The van der Waals surface area contributed by atoms with Crippen LogP contribution in [0.1, 0.15) is 72.8 Å². The summed E-state index contributed by atoms with van der Waals surface area (Å²) in [6, 6.07) is 8.12. The molecule has 0 atom stereocenters. The zero-order valence-corrected chi connectivity index (χ0v) is 18.1. The molecule has 0 unspecified atom stereocenters. The first-order chi connectivity index (χ1) is 15.0. The molecule has 1 aromatic carbocycles. The van der Waals surface area contributed by atoms with Crippen LogP contribution in [0.5, 0.6) is 0 Å². The number of rotatable bonds is 5. The summed E-state index contributed by atoms with van der Waals surface area (Å²) in [7, 11) is 3.56. The molecular formula is C24H29N5O2. The molecule has 0 bridgehead atoms. The molecule has 5 rings (SSSR count). The highest BCUT2D eigenvalue weighted by atomic mass is 16.2. The largest absolute Gasteiger partial charge is 0.345 e. The maximum atomic E-state index is 12.7. The smallest absolute Gasteiger partial charge is 0.261 e. The van der Waals surface area contributed by atoms with Crippen molar-refractivity contribution in [3.8, 4) is 0 Å². The average Bonchev–Trinajstić information content (AvgIpc) is 3.56. The third-order valence-corrected chi connectivity index (χ3v) is 6.52. The van der Waals surface area contributed by atoms with Gasteiger partial charge in [-0.05, 0) is 61.4 Å². The summed E-state index contributed by atoms with van der Waals surface area (Å²) in [5.41, 5.74) is 3.43. The summed E-state index contributed by atoms with van der Waals surface area (Å²) in [6.45, 7) is 0. The predicted molar refractivity (Wildman–Crippen MR) is 122 cm³/mol. The predicted octanol–water partition coefficient (Wildman–Crippen LogP) is 4.55. The Kier molecular flexibility index (Phi) is 5.04. The zero-order chi connectivity index (χ0) is 21.5. The highest BCUT2D eigenvalue weighted by molar-refractivity contribution is 5.97. The third kappa shape index (κ3) is 3.73. The van der Waals surface area contributed by atoms with Crippen molar-refractivity contribution in [2.45, 2.75) is 56.9 Å². The van der Waals surface area contributed by atoms with Gasteiger partial charge >= 0.3 is 0 Å². The molecule has 0 spiro atoms. The number of benzene rings is 1. The van der Waals surface area contributed by atoms with Crippen LogP contribution >= 0.6 is 0 Å². The first-order valence-electron chi connectivity index (χ1n) is 11.3. The number of aromatic nitrogens is 3. The van der Waals surface area contributed by atoms with Crippen LogP contribution in [0.4, 0.5) is 11.5 Å². The quantitative estimate of drug-likeness (QED) is 0.635. The summed E-state index contributed by atoms with van der Waals surface area (Å²) in [4.78, 5) is 29.7. The molecule has 2 N–H and O–H groups in total. The van der Waals surface area contributed by atoms with Gasteiger partial charge in [0.05, 0.1) is 11.6 Å². The van der Waals surface area contributed by atoms with Crippen molar-refractivity contribution in [3.63, 3.8) is 0 Å². The second kappa shape index (κ2) is 7.87. The molecule has 2 heterocycles. The summed E-state index contributed by atoms with van der Waals surface area (Å²) >= 11 is 0. The van der Waals surface area contributed by atoms with Crippen LogP contribution in [-0.4, -0.2) is 39.7 Å². The molecular weight excluding hydrogens is 390 g/mol. The van der Waals surface area contributed by atoms with E-state index in [4.69, 9.17) is 5.10 Å². The standard InChI is InChI=1S/C24H29N5O2/c1-28(2)24(31)18-11-10-16(14-19(18)15-8-9-15)26-22-21-20(12-13-25-23(21)30)29(27-22)17-6-4-3-5-7-17/h10-15,17H,3-9H2,1-2H3,(H,25,30)(H,26,27). The fraction of sp³-hybridized carbons (Fsp3) is 0.458. The number of aromatic amines is 1. The lowest BCUT2D eigenvalue weighted by molar-refractivity contribution is 0.0826. The molecule has 31 heavy (non-hydrogen) atoms. The number of H-pyrrole nitrogens is 1. The van der Waals surface area contributed by atoms with E-state index in [2.05, 4.69) is 16.4 Å². The molecule has 2 saturated carbocycles. The maximum Gasteiger partial charge on any atom is 0.261 e. The van der Waals surface area contributed by atoms with Gasteiger partial charge in [-0.25, -0.2) is 0 Å². The average molecular weight is 420 g/mol. The van der Waals surface area contributed by atoms with E-state index < -0.39 is 0 Å². The van der Waals surface area contributed by atoms with Gasteiger partial charge in [-0.1, -0.05) is 19.3 Å². The van der Waals surface area contributed by atoms with Crippen molar-refractivity contribution in [3.05, 3.63) is 51.9 Å². The van der Waals surface area contributed by atoms with Gasteiger partial charge < -0.3 is 15.2 Å². The zero-order valence-electron chi connectivity index (χ0n) is 18.1. The van der Waals surface area contributed by atoms with E-state index in [1.165, 1.54) is 19.3 Å². The van der Waals surface area contributed by atoms with Gasteiger partial charge in [-0.15, -0.1) is 0 Å². The number of carbonyl (C=O) groups is 1. The van der Waals surface area contributed by atoms with E-state index in [0.29, 0.717) is 23.2 Å². The Bertz CT molecular complexity index is 1180. The lowest BCUT2D eigenvalue weighted by Crippen LogP contribution is -2.23. The molecule has 2 fully saturated rings. The highest BCUT2D eigenvalue weighted by Gasteiger charge is 2.29. The highest BCUT2D eigenvalue weighted by Crippen LogP contribution is 2.43. The number of hydrogen-bond acceptors (Lipinski definition) is 4. The molecule has 2 aromatic heterocycles. The van der Waals surface area contributed by atoms with Crippen LogP contribution in [-0.2, 0) is 0 Å². The van der Waals surface area contributed by atoms with Crippen molar-refractivity contribution in [2.24, 2.45) is 0 Å². The van der Waals surface area contributed by atoms with Gasteiger partial charge in [0.2, 0.25) is 0 Å². The van der Waals surface area contributed by atoms with Crippen molar-refractivity contribution < 1.29 is 4.79 Å². The molecule has 7 nitrogen and oxygen atoms in total. The van der Waals surface area contributed by atoms with Crippen LogP contribution in [0.2, 0.25) is 0 Å². The van der Waals surface area contributed by atoms with E-state index in [1.807, 2.05) is 22.9 Å². The van der Waals surface area contributed by atoms with Gasteiger partial charge in [0.15, 0.2) is 5.82 Å². The number of fused-ring (bicyclic) bond motifs is 1. The SMILES string of the molecule is CN(C)C(=O)c1ccc(Nc2nn(C3CCCCC3)c3cc[nH]c(=O)c23)cc1C1CC1. The molecule has 2 aliphatic rings. The minimum absolute atomic E-state index is 0.0249. The van der Waals surface area contributed by atoms with Gasteiger partial charge in [0.25, 0.3) is 11.5 Å². The molecule has 0 radical (unpaired) electrons. The molecule has 2 aliphatic carbocycles. The van der Waals surface area contributed by atoms with E-state index in [-0.39, 0.29) is 11.5 Å². The Labute approximate surface area is 181 Å². The van der Waals surface area contributed by atoms with Gasteiger partial charge in [0, 0.05) is 31.5 Å². The molecule has 0 saturated heterocycles. The summed E-state index contributed by atoms with van der Waals surface area (Å²) in [5, 5.41) is 8.84. The van der Waals surface area contributed by atoms with E-state index >= 15 is 0 Å². The van der Waals surface area contributed by atoms with Crippen molar-refractivity contribution in [2.75, 3.05) is 19.4 Å². The normalized spacial score (nSPS) is 17.1. The number of amides is 1. The fourth-order valence-electron chi connectivity index (χ4n) is 4.74. The minimum atomic E-state index is -0.135. The second-order valence-corrected chi connectivity index (χ2v) is 9.05. The van der Waals surface area contributed by atoms with Crippen LogP contribution in [0, 0.1) is 0 Å². The summed E-state index contributed by atoms with van der Waals surface area (Å²) < 4.78 is 2.04. The molecule has 7 heteroatoms. The molecule has 162 valence electrons. The van der Waals surface area contributed by atoms with Crippen molar-refractivity contribution >= 4 is 28.3 Å². The Hall–Kier alpha value is -3.09. The van der Waals surface area contributed by atoms with Crippen LogP contribution in [0.25, 0.3) is 10.9 Å². The lowest BCUT2D eigenvalue weighted by atomic mass is 9.95. The van der Waals surface area contributed by atoms with Gasteiger partial charge in [-0.3, -0.25) is 14.3 Å². The number of pyridine rings is 1. The first kappa shape index (κ1) is 19.8. The minimum Gasteiger partial charge on any atom is -0.345 e. The van der Waals surface area contributed by atoms with E-state index in [1.54, 1.807) is 25.2 Å². The molecule has 0 aliphatic heterocycles. The maximum absolute atomic E-state index is 12.7. The number of nitrogens with one attached hydrogen (secondary N) is 2. The topological polar surface area (TPSA) is 83.0 Å². The van der Waals surface area contributed by atoms with E-state index in [0.717, 1.165) is 48.0 Å². The second-order valence-electron chi connectivity index (χ2n) is 9.05.